The molecule has 3 rings (SSSR count). The van der Waals surface area contributed by atoms with Gasteiger partial charge in [0.1, 0.15) is 11.5 Å². The van der Waals surface area contributed by atoms with E-state index in [2.05, 4.69) is 56.8 Å². The second-order valence-electron chi connectivity index (χ2n) is 6.70. The lowest BCUT2D eigenvalue weighted by Crippen LogP contribution is -2.50. The molecule has 0 radical (unpaired) electrons. The van der Waals surface area contributed by atoms with Crippen LogP contribution < -0.4 is 10.2 Å². The fourth-order valence-corrected chi connectivity index (χ4v) is 3.48. The van der Waals surface area contributed by atoms with E-state index in [9.17, 15) is 4.79 Å². The maximum Gasteiger partial charge on any atom is 0.269 e. The molecule has 1 aliphatic carbocycles. The van der Waals surface area contributed by atoms with Crippen LogP contribution in [0.3, 0.4) is 0 Å². The molecular formula is C21H27N5O. The molecule has 1 fully saturated rings. The molecule has 6 heteroatoms. The van der Waals surface area contributed by atoms with Crippen molar-refractivity contribution in [1.29, 1.82) is 0 Å². The molecule has 2 aliphatic rings. The zero-order valence-electron chi connectivity index (χ0n) is 16.1. The third-order valence-electron chi connectivity index (χ3n) is 5.13. The van der Waals surface area contributed by atoms with Gasteiger partial charge < -0.3 is 10.2 Å². The number of allylic oxidation sites excluding steroid dienone is 2. The van der Waals surface area contributed by atoms with Gasteiger partial charge in [-0.05, 0) is 30.7 Å². The third-order valence-corrected chi connectivity index (χ3v) is 5.13. The Balaban J connectivity index is 1.59. The summed E-state index contributed by atoms with van der Waals surface area (Å²) >= 11 is 0. The molecule has 1 aromatic heterocycles. The Morgan fingerprint density at radius 2 is 2.07 bits per heavy atom. The molecule has 1 aliphatic heterocycles. The second-order valence-corrected chi connectivity index (χ2v) is 6.70. The highest BCUT2D eigenvalue weighted by Gasteiger charge is 2.24. The number of amides is 1. The van der Waals surface area contributed by atoms with E-state index < -0.39 is 0 Å². The standard InChI is InChI=1S/C21H27N5O/c1-4-23-18-10-8-17(9-11-18)16(2)25-12-14-26(15-13-25)20-7-5-6-19(24-20)21(27)22-3/h4-10,16H,1,11-15H2,2-3H3,(H,22,27). The molecule has 27 heavy (non-hydrogen) atoms. The van der Waals surface area contributed by atoms with Gasteiger partial charge in [0.05, 0.1) is 0 Å². The largest absolute Gasteiger partial charge is 0.354 e. The number of carbonyl (C=O) groups excluding carboxylic acids is 1. The van der Waals surface area contributed by atoms with Crippen LogP contribution in [-0.4, -0.2) is 60.8 Å². The van der Waals surface area contributed by atoms with E-state index in [4.69, 9.17) is 0 Å². The predicted molar refractivity (Wildman–Crippen MR) is 110 cm³/mol. The molecule has 0 saturated carbocycles. The number of hydrogen-bond donors (Lipinski definition) is 1. The summed E-state index contributed by atoms with van der Waals surface area (Å²) in [6.07, 6.45) is 8.95. The molecule has 0 aromatic carbocycles. The Bertz CT molecular complexity index is 788. The van der Waals surface area contributed by atoms with Gasteiger partial charge in [-0.25, -0.2) is 4.98 Å². The first-order valence-corrected chi connectivity index (χ1v) is 9.36. The van der Waals surface area contributed by atoms with Gasteiger partial charge in [0, 0.05) is 57.6 Å². The van der Waals surface area contributed by atoms with Crippen molar-refractivity contribution in [2.24, 2.45) is 4.99 Å². The van der Waals surface area contributed by atoms with Gasteiger partial charge in [-0.15, -0.1) is 0 Å². The van der Waals surface area contributed by atoms with E-state index >= 15 is 0 Å². The van der Waals surface area contributed by atoms with Gasteiger partial charge in [-0.3, -0.25) is 14.7 Å². The minimum atomic E-state index is -0.153. The van der Waals surface area contributed by atoms with Crippen LogP contribution in [-0.2, 0) is 0 Å². The summed E-state index contributed by atoms with van der Waals surface area (Å²) in [5.74, 6) is 0.713. The SMILES string of the molecule is C=CN=C1C=CC(C(C)N2CCN(c3cccc(C(=O)NC)n3)CC2)=CC1. The Labute approximate surface area is 161 Å². The summed E-state index contributed by atoms with van der Waals surface area (Å²) < 4.78 is 0. The number of pyridine rings is 1. The van der Waals surface area contributed by atoms with Crippen molar-refractivity contribution in [3.63, 3.8) is 0 Å². The van der Waals surface area contributed by atoms with Crippen LogP contribution in [0.4, 0.5) is 5.82 Å². The minimum Gasteiger partial charge on any atom is -0.354 e. The zero-order chi connectivity index (χ0) is 19.2. The lowest BCUT2D eigenvalue weighted by molar-refractivity contribution is 0.0958. The van der Waals surface area contributed by atoms with Gasteiger partial charge in [-0.1, -0.05) is 24.8 Å². The maximum absolute atomic E-state index is 11.8. The Kier molecular flexibility index (Phi) is 6.19. The monoisotopic (exact) mass is 365 g/mol. The van der Waals surface area contributed by atoms with Crippen molar-refractivity contribution in [2.45, 2.75) is 19.4 Å². The topological polar surface area (TPSA) is 60.8 Å². The Hall–Kier alpha value is -2.73. The Morgan fingerprint density at radius 3 is 2.70 bits per heavy atom. The highest BCUT2D eigenvalue weighted by molar-refractivity contribution is 5.98. The van der Waals surface area contributed by atoms with E-state index in [-0.39, 0.29) is 5.91 Å². The molecule has 2 heterocycles. The van der Waals surface area contributed by atoms with Crippen LogP contribution in [0, 0.1) is 0 Å². The summed E-state index contributed by atoms with van der Waals surface area (Å²) in [5, 5.41) is 2.63. The molecule has 1 aromatic rings. The van der Waals surface area contributed by atoms with E-state index in [0.717, 1.165) is 44.1 Å². The van der Waals surface area contributed by atoms with Crippen molar-refractivity contribution in [1.82, 2.24) is 15.2 Å². The first-order chi connectivity index (χ1) is 13.1. The quantitative estimate of drug-likeness (QED) is 0.871. The van der Waals surface area contributed by atoms with E-state index in [1.54, 1.807) is 19.3 Å². The van der Waals surface area contributed by atoms with Gasteiger partial charge in [-0.2, -0.15) is 0 Å². The number of hydrogen-bond acceptors (Lipinski definition) is 5. The normalized spacial score (nSPS) is 20.3. The minimum absolute atomic E-state index is 0.153. The molecular weight excluding hydrogens is 338 g/mol. The summed E-state index contributed by atoms with van der Waals surface area (Å²) in [6.45, 7) is 9.63. The predicted octanol–water partition coefficient (Wildman–Crippen LogP) is 2.42. The lowest BCUT2D eigenvalue weighted by Gasteiger charge is -2.39. The van der Waals surface area contributed by atoms with Gasteiger partial charge in [0.25, 0.3) is 5.91 Å². The number of nitrogens with one attached hydrogen (secondary N) is 1. The molecule has 0 bridgehead atoms. The van der Waals surface area contributed by atoms with Crippen molar-refractivity contribution in [3.05, 3.63) is 60.5 Å². The van der Waals surface area contributed by atoms with Crippen LogP contribution >= 0.6 is 0 Å². The third kappa shape index (κ3) is 4.52. The maximum atomic E-state index is 11.8. The van der Waals surface area contributed by atoms with Gasteiger partial charge >= 0.3 is 0 Å². The molecule has 1 unspecified atom stereocenters. The van der Waals surface area contributed by atoms with E-state index in [0.29, 0.717) is 11.7 Å². The van der Waals surface area contributed by atoms with Crippen LogP contribution in [0.5, 0.6) is 0 Å². The molecule has 1 amide bonds. The summed E-state index contributed by atoms with van der Waals surface area (Å²) in [5.41, 5.74) is 2.85. The summed E-state index contributed by atoms with van der Waals surface area (Å²) in [6, 6.07) is 5.98. The first-order valence-electron chi connectivity index (χ1n) is 9.36. The van der Waals surface area contributed by atoms with E-state index in [1.165, 1.54) is 5.57 Å². The number of nitrogens with zero attached hydrogens (tertiary/aromatic N) is 4. The number of anilines is 1. The molecule has 6 nitrogen and oxygen atoms in total. The number of piperazine rings is 1. The fraction of sp³-hybridized carbons (Fsp3) is 0.381. The smallest absolute Gasteiger partial charge is 0.269 e. The van der Waals surface area contributed by atoms with Gasteiger partial charge in [0.2, 0.25) is 0 Å². The number of aromatic nitrogens is 1. The molecule has 0 spiro atoms. The number of carbonyl (C=O) groups is 1. The average Bonchev–Trinajstić information content (AvgIpc) is 2.73. The highest BCUT2D eigenvalue weighted by atomic mass is 16.1. The van der Waals surface area contributed by atoms with Crippen molar-refractivity contribution in [3.8, 4) is 0 Å². The van der Waals surface area contributed by atoms with Crippen LogP contribution in [0.15, 0.2) is 59.8 Å². The van der Waals surface area contributed by atoms with E-state index in [1.807, 2.05) is 12.1 Å². The molecule has 142 valence electrons. The lowest BCUT2D eigenvalue weighted by atomic mass is 9.98. The number of rotatable bonds is 5. The molecule has 1 N–H and O–H groups in total. The van der Waals surface area contributed by atoms with Crippen LogP contribution in [0.1, 0.15) is 23.8 Å². The van der Waals surface area contributed by atoms with Crippen LogP contribution in [0.25, 0.3) is 0 Å². The molecule has 1 saturated heterocycles. The summed E-state index contributed by atoms with van der Waals surface area (Å²) in [7, 11) is 1.62. The van der Waals surface area contributed by atoms with Crippen molar-refractivity contribution < 1.29 is 4.79 Å². The summed E-state index contributed by atoms with van der Waals surface area (Å²) in [4.78, 5) is 25.3. The number of aliphatic imine (C=N–C) groups is 1. The Morgan fingerprint density at radius 1 is 1.30 bits per heavy atom. The van der Waals surface area contributed by atoms with Gasteiger partial charge in [0.15, 0.2) is 0 Å². The second kappa shape index (κ2) is 8.77. The zero-order valence-corrected chi connectivity index (χ0v) is 16.1. The fourth-order valence-electron chi connectivity index (χ4n) is 3.48. The molecule has 1 atom stereocenters. The highest BCUT2D eigenvalue weighted by Crippen LogP contribution is 2.21. The average molecular weight is 365 g/mol. The first kappa shape index (κ1) is 19.0. The van der Waals surface area contributed by atoms with Crippen LogP contribution in [0.2, 0.25) is 0 Å². The van der Waals surface area contributed by atoms with Crippen molar-refractivity contribution in [2.75, 3.05) is 38.1 Å². The van der Waals surface area contributed by atoms with Crippen molar-refractivity contribution >= 4 is 17.4 Å².